The molecule has 1 amide bonds. The first-order valence-corrected chi connectivity index (χ1v) is 11.6. The third kappa shape index (κ3) is 5.81. The maximum atomic E-state index is 13.1. The number of carbonyl (C=O) groups is 1. The molecule has 168 valence electrons. The number of thioether (sulfide) groups is 1. The van der Waals surface area contributed by atoms with E-state index in [0.29, 0.717) is 17.5 Å². The molecule has 0 radical (unpaired) electrons. The Labute approximate surface area is 197 Å². The van der Waals surface area contributed by atoms with Gasteiger partial charge in [0.2, 0.25) is 11.8 Å². The quantitative estimate of drug-likeness (QED) is 0.328. The Morgan fingerprint density at radius 2 is 1.55 bits per heavy atom. The van der Waals surface area contributed by atoms with Crippen LogP contribution in [0.5, 0.6) is 5.75 Å². The Balaban J connectivity index is 1.40. The van der Waals surface area contributed by atoms with Crippen LogP contribution in [-0.2, 0) is 11.2 Å². The summed E-state index contributed by atoms with van der Waals surface area (Å²) in [7, 11) is 3.47. The third-order valence-electron chi connectivity index (χ3n) is 5.29. The van der Waals surface area contributed by atoms with Gasteiger partial charge < -0.3 is 14.1 Å². The average Bonchev–Trinajstić information content (AvgIpc) is 3.31. The number of rotatable bonds is 9. The first-order valence-electron chi connectivity index (χ1n) is 10.6. The van der Waals surface area contributed by atoms with E-state index < -0.39 is 0 Å². The third-order valence-corrected chi connectivity index (χ3v) is 6.10. The van der Waals surface area contributed by atoms with Crippen molar-refractivity contribution in [2.75, 3.05) is 19.9 Å². The molecule has 4 rings (SSSR count). The van der Waals surface area contributed by atoms with E-state index in [1.807, 2.05) is 92.0 Å². The number of methoxy groups -OCH3 is 1. The van der Waals surface area contributed by atoms with Crippen LogP contribution in [-0.4, -0.2) is 40.9 Å². The molecule has 0 saturated heterocycles. The fourth-order valence-corrected chi connectivity index (χ4v) is 4.27. The maximum Gasteiger partial charge on any atom is 0.277 e. The van der Waals surface area contributed by atoms with Crippen LogP contribution in [0.1, 0.15) is 28.6 Å². The zero-order valence-electron chi connectivity index (χ0n) is 18.5. The smallest absolute Gasteiger partial charge is 0.277 e. The van der Waals surface area contributed by atoms with Crippen LogP contribution >= 0.6 is 11.8 Å². The largest absolute Gasteiger partial charge is 0.497 e. The zero-order valence-corrected chi connectivity index (χ0v) is 19.4. The molecule has 0 bridgehead atoms. The van der Waals surface area contributed by atoms with Crippen molar-refractivity contribution in [3.8, 4) is 5.75 Å². The van der Waals surface area contributed by atoms with Crippen molar-refractivity contribution in [1.82, 2.24) is 15.1 Å². The van der Waals surface area contributed by atoms with Crippen molar-refractivity contribution in [1.29, 1.82) is 0 Å². The molecule has 0 aliphatic rings. The Bertz CT molecular complexity index is 1120. The summed E-state index contributed by atoms with van der Waals surface area (Å²) in [6, 6.07) is 27.6. The molecule has 6 nitrogen and oxygen atoms in total. The SMILES string of the molecule is COc1ccc(Cc2nnc(SCC(=O)N(C)C(c3ccccc3)c3ccccc3)o2)cc1. The lowest BCUT2D eigenvalue weighted by molar-refractivity contribution is -0.128. The highest BCUT2D eigenvalue weighted by Crippen LogP contribution is 2.29. The van der Waals surface area contributed by atoms with Gasteiger partial charge in [-0.2, -0.15) is 0 Å². The van der Waals surface area contributed by atoms with Gasteiger partial charge >= 0.3 is 0 Å². The highest BCUT2D eigenvalue weighted by molar-refractivity contribution is 7.99. The fourth-order valence-electron chi connectivity index (χ4n) is 3.57. The van der Waals surface area contributed by atoms with Crippen molar-refractivity contribution in [3.63, 3.8) is 0 Å². The molecule has 0 saturated carbocycles. The molecule has 0 aliphatic carbocycles. The molecule has 0 atom stereocenters. The predicted octanol–water partition coefficient (Wildman–Crippen LogP) is 5.01. The lowest BCUT2D eigenvalue weighted by Gasteiger charge is -2.29. The topological polar surface area (TPSA) is 68.5 Å². The van der Waals surface area contributed by atoms with E-state index in [-0.39, 0.29) is 17.7 Å². The lowest BCUT2D eigenvalue weighted by Crippen LogP contribution is -2.33. The number of carbonyl (C=O) groups excluding carboxylic acids is 1. The number of nitrogens with zero attached hydrogens (tertiary/aromatic N) is 3. The first kappa shape index (κ1) is 22.6. The second kappa shape index (κ2) is 10.8. The number of benzene rings is 3. The average molecular weight is 460 g/mol. The first-order chi connectivity index (χ1) is 16.1. The van der Waals surface area contributed by atoms with Crippen LogP contribution in [0.3, 0.4) is 0 Å². The number of hydrogen-bond donors (Lipinski definition) is 0. The second-order valence-electron chi connectivity index (χ2n) is 7.50. The van der Waals surface area contributed by atoms with E-state index in [4.69, 9.17) is 9.15 Å². The lowest BCUT2D eigenvalue weighted by atomic mass is 9.97. The van der Waals surface area contributed by atoms with Gasteiger partial charge in [0.15, 0.2) is 0 Å². The highest BCUT2D eigenvalue weighted by Gasteiger charge is 2.24. The van der Waals surface area contributed by atoms with Crippen LogP contribution in [0, 0.1) is 0 Å². The van der Waals surface area contributed by atoms with Gasteiger partial charge in [-0.3, -0.25) is 4.79 Å². The number of aromatic nitrogens is 2. The van der Waals surface area contributed by atoms with Gasteiger partial charge in [-0.1, -0.05) is 84.6 Å². The van der Waals surface area contributed by atoms with Gasteiger partial charge in [-0.15, -0.1) is 10.2 Å². The summed E-state index contributed by atoms with van der Waals surface area (Å²) < 4.78 is 10.9. The molecular formula is C26H25N3O3S. The predicted molar refractivity (Wildman–Crippen MR) is 128 cm³/mol. The summed E-state index contributed by atoms with van der Waals surface area (Å²) >= 11 is 1.25. The van der Waals surface area contributed by atoms with E-state index >= 15 is 0 Å². The molecule has 1 heterocycles. The van der Waals surface area contributed by atoms with Crippen molar-refractivity contribution in [2.45, 2.75) is 17.7 Å². The molecular weight excluding hydrogens is 434 g/mol. The molecule has 0 aliphatic heterocycles. The summed E-state index contributed by atoms with van der Waals surface area (Å²) in [4.78, 5) is 14.8. The molecule has 3 aromatic carbocycles. The Morgan fingerprint density at radius 1 is 0.939 bits per heavy atom. The summed E-state index contributed by atoms with van der Waals surface area (Å²) in [6.07, 6.45) is 0.523. The van der Waals surface area contributed by atoms with Gasteiger partial charge in [0.1, 0.15) is 5.75 Å². The molecule has 0 spiro atoms. The molecule has 0 unspecified atom stereocenters. The highest BCUT2D eigenvalue weighted by atomic mass is 32.2. The molecule has 4 aromatic rings. The molecule has 7 heteroatoms. The number of hydrogen-bond acceptors (Lipinski definition) is 6. The molecule has 33 heavy (non-hydrogen) atoms. The normalized spacial score (nSPS) is 10.9. The standard InChI is InChI=1S/C26H25N3O3S/c1-29(25(20-9-5-3-6-10-20)21-11-7-4-8-12-21)24(30)18-33-26-28-27-23(32-26)17-19-13-15-22(31-2)16-14-19/h3-16,25H,17-18H2,1-2H3. The van der Waals surface area contributed by atoms with E-state index in [9.17, 15) is 4.79 Å². The monoisotopic (exact) mass is 459 g/mol. The van der Waals surface area contributed by atoms with Crippen molar-refractivity contribution in [2.24, 2.45) is 0 Å². The van der Waals surface area contributed by atoms with Gasteiger partial charge in [0, 0.05) is 7.05 Å². The summed E-state index contributed by atoms with van der Waals surface area (Å²) in [5.74, 6) is 1.49. The van der Waals surface area contributed by atoms with Crippen molar-refractivity contribution >= 4 is 17.7 Å². The Morgan fingerprint density at radius 3 is 2.12 bits per heavy atom. The minimum atomic E-state index is -0.172. The molecule has 1 aromatic heterocycles. The van der Waals surface area contributed by atoms with Crippen molar-refractivity contribution < 1.29 is 13.9 Å². The van der Waals surface area contributed by atoms with Crippen LogP contribution in [0.2, 0.25) is 0 Å². The molecule has 0 fully saturated rings. The Hall–Kier alpha value is -3.58. The summed E-state index contributed by atoms with van der Waals surface area (Å²) in [5, 5.41) is 8.59. The van der Waals surface area contributed by atoms with E-state index in [1.165, 1.54) is 11.8 Å². The van der Waals surface area contributed by atoms with E-state index in [0.717, 1.165) is 22.4 Å². The van der Waals surface area contributed by atoms with Crippen LogP contribution in [0.25, 0.3) is 0 Å². The molecule has 0 N–H and O–H groups in total. The minimum Gasteiger partial charge on any atom is -0.497 e. The van der Waals surface area contributed by atoms with Gasteiger partial charge in [-0.05, 0) is 28.8 Å². The van der Waals surface area contributed by atoms with Gasteiger partial charge in [-0.25, -0.2) is 0 Å². The van der Waals surface area contributed by atoms with Gasteiger partial charge in [0.25, 0.3) is 5.22 Å². The van der Waals surface area contributed by atoms with Crippen molar-refractivity contribution in [3.05, 3.63) is 108 Å². The van der Waals surface area contributed by atoms with Gasteiger partial charge in [0.05, 0.1) is 25.3 Å². The number of amides is 1. The minimum absolute atomic E-state index is 0.0207. The van der Waals surface area contributed by atoms with Crippen LogP contribution in [0.4, 0.5) is 0 Å². The van der Waals surface area contributed by atoms with E-state index in [1.54, 1.807) is 12.0 Å². The van der Waals surface area contributed by atoms with Crippen LogP contribution < -0.4 is 4.74 Å². The summed E-state index contributed by atoms with van der Waals surface area (Å²) in [6.45, 7) is 0. The Kier molecular flexibility index (Phi) is 7.42. The zero-order chi connectivity index (χ0) is 23.0. The summed E-state index contributed by atoms with van der Waals surface area (Å²) in [5.41, 5.74) is 3.16. The van der Waals surface area contributed by atoms with E-state index in [2.05, 4.69) is 10.2 Å². The second-order valence-corrected chi connectivity index (χ2v) is 8.43. The fraction of sp³-hybridized carbons (Fsp3) is 0.192. The maximum absolute atomic E-state index is 13.1. The number of ether oxygens (including phenoxy) is 1. The van der Waals surface area contributed by atoms with Crippen LogP contribution in [0.15, 0.2) is 94.6 Å².